The quantitative estimate of drug-likeness (QED) is 0.792. The fourth-order valence-electron chi connectivity index (χ4n) is 1.95. The number of benzene rings is 1. The maximum atomic E-state index is 13.9. The van der Waals surface area contributed by atoms with E-state index in [9.17, 15) is 9.18 Å². The minimum Gasteiger partial charge on any atom is -0.360 e. The number of nitrogens with zero attached hydrogens (tertiary/aromatic N) is 1. The van der Waals surface area contributed by atoms with Crippen molar-refractivity contribution in [3.63, 3.8) is 0 Å². The summed E-state index contributed by atoms with van der Waals surface area (Å²) in [6.45, 7) is 1.85. The van der Waals surface area contributed by atoms with E-state index in [2.05, 4.69) is 5.32 Å². The summed E-state index contributed by atoms with van der Waals surface area (Å²) in [4.78, 5) is 13.2. The van der Waals surface area contributed by atoms with E-state index in [0.717, 1.165) is 12.0 Å². The third-order valence-corrected chi connectivity index (χ3v) is 2.85. The number of nitrogens with two attached hydrogens (primary N) is 1. The van der Waals surface area contributed by atoms with E-state index in [-0.39, 0.29) is 18.3 Å². The second kappa shape index (κ2) is 5.14. The highest BCUT2D eigenvalue weighted by Crippen LogP contribution is 2.21. The summed E-state index contributed by atoms with van der Waals surface area (Å²) in [5.74, 6) is -0.382. The summed E-state index contributed by atoms with van der Waals surface area (Å²) in [6, 6.07) is 4.91. The van der Waals surface area contributed by atoms with Crippen molar-refractivity contribution >= 4 is 11.6 Å². The molecule has 92 valence electrons. The van der Waals surface area contributed by atoms with Crippen LogP contribution in [-0.4, -0.2) is 25.5 Å². The molecule has 1 amide bonds. The number of amides is 1. The summed E-state index contributed by atoms with van der Waals surface area (Å²) in [5, 5.41) is 2.76. The summed E-state index contributed by atoms with van der Waals surface area (Å²) in [7, 11) is 0. The molecule has 0 aliphatic carbocycles. The van der Waals surface area contributed by atoms with Gasteiger partial charge in [0.25, 0.3) is 0 Å². The smallest absolute Gasteiger partial charge is 0.239 e. The highest BCUT2D eigenvalue weighted by molar-refractivity contribution is 5.81. The van der Waals surface area contributed by atoms with Gasteiger partial charge in [0.1, 0.15) is 5.82 Å². The van der Waals surface area contributed by atoms with E-state index in [1.807, 2.05) is 0 Å². The van der Waals surface area contributed by atoms with Gasteiger partial charge in [-0.15, -0.1) is 0 Å². The fraction of sp³-hybridized carbons (Fsp3) is 0.417. The van der Waals surface area contributed by atoms with E-state index in [0.29, 0.717) is 25.3 Å². The largest absolute Gasteiger partial charge is 0.360 e. The molecule has 0 atom stereocenters. The number of nitrogens with one attached hydrogen (secondary N) is 1. The van der Waals surface area contributed by atoms with Crippen LogP contribution in [0.25, 0.3) is 0 Å². The Morgan fingerprint density at radius 1 is 1.47 bits per heavy atom. The molecule has 1 fully saturated rings. The van der Waals surface area contributed by atoms with Gasteiger partial charge >= 0.3 is 0 Å². The van der Waals surface area contributed by atoms with Crippen LogP contribution in [0.3, 0.4) is 0 Å². The van der Waals surface area contributed by atoms with Crippen LogP contribution in [0.15, 0.2) is 18.2 Å². The van der Waals surface area contributed by atoms with E-state index >= 15 is 0 Å². The molecule has 1 aromatic rings. The van der Waals surface area contributed by atoms with E-state index in [4.69, 9.17) is 5.73 Å². The lowest BCUT2D eigenvalue weighted by Gasteiger charge is -2.22. The van der Waals surface area contributed by atoms with Gasteiger partial charge < -0.3 is 16.0 Å². The van der Waals surface area contributed by atoms with Crippen LogP contribution in [0.5, 0.6) is 0 Å². The van der Waals surface area contributed by atoms with Crippen molar-refractivity contribution in [2.24, 2.45) is 5.73 Å². The Morgan fingerprint density at radius 2 is 2.29 bits per heavy atom. The molecule has 2 rings (SSSR count). The normalized spacial score (nSPS) is 16.6. The first-order valence-corrected chi connectivity index (χ1v) is 5.71. The molecule has 1 aromatic carbocycles. The van der Waals surface area contributed by atoms with E-state index in [1.165, 1.54) is 6.07 Å². The molecule has 0 unspecified atom stereocenters. The van der Waals surface area contributed by atoms with Gasteiger partial charge in [-0.25, -0.2) is 4.39 Å². The Morgan fingerprint density at radius 3 is 3.00 bits per heavy atom. The molecular weight excluding hydrogens is 221 g/mol. The molecule has 0 aromatic heterocycles. The molecule has 1 heterocycles. The molecule has 1 aliphatic heterocycles. The van der Waals surface area contributed by atoms with Gasteiger partial charge in [-0.1, -0.05) is 6.07 Å². The van der Waals surface area contributed by atoms with Gasteiger partial charge in [0.15, 0.2) is 0 Å². The average molecular weight is 237 g/mol. The van der Waals surface area contributed by atoms with Crippen LogP contribution in [-0.2, 0) is 11.3 Å². The topological polar surface area (TPSA) is 58.4 Å². The van der Waals surface area contributed by atoms with E-state index in [1.54, 1.807) is 17.0 Å². The SMILES string of the molecule is NCc1ccc(N2CCCNC(=O)C2)c(F)c1. The van der Waals surface area contributed by atoms with Crippen LogP contribution < -0.4 is 16.0 Å². The monoisotopic (exact) mass is 237 g/mol. The zero-order valence-corrected chi connectivity index (χ0v) is 9.58. The first-order valence-electron chi connectivity index (χ1n) is 5.71. The lowest BCUT2D eigenvalue weighted by atomic mass is 10.2. The third kappa shape index (κ3) is 2.74. The van der Waals surface area contributed by atoms with Crippen molar-refractivity contribution in [2.45, 2.75) is 13.0 Å². The molecule has 0 saturated carbocycles. The molecule has 3 N–H and O–H groups in total. The second-order valence-electron chi connectivity index (χ2n) is 4.11. The van der Waals surface area contributed by atoms with Crippen LogP contribution in [0, 0.1) is 5.82 Å². The fourth-order valence-corrected chi connectivity index (χ4v) is 1.95. The van der Waals surface area contributed by atoms with Crippen molar-refractivity contribution in [3.05, 3.63) is 29.6 Å². The predicted molar refractivity (Wildman–Crippen MR) is 64.1 cm³/mol. The molecule has 0 radical (unpaired) electrons. The van der Waals surface area contributed by atoms with Crippen LogP contribution >= 0.6 is 0 Å². The van der Waals surface area contributed by atoms with Gasteiger partial charge in [-0.2, -0.15) is 0 Å². The standard InChI is InChI=1S/C12H16FN3O/c13-10-6-9(7-14)2-3-11(10)16-5-1-4-15-12(17)8-16/h2-3,6H,1,4-5,7-8,14H2,(H,15,17). The Balaban J connectivity index is 2.23. The molecule has 4 nitrogen and oxygen atoms in total. The minimum atomic E-state index is -0.317. The molecule has 0 spiro atoms. The average Bonchev–Trinajstić information content (AvgIpc) is 2.53. The predicted octanol–water partition coefficient (Wildman–Crippen LogP) is 0.611. The van der Waals surface area contributed by atoms with Crippen molar-refractivity contribution in [1.82, 2.24) is 5.32 Å². The first-order chi connectivity index (χ1) is 8.20. The number of hydrogen-bond donors (Lipinski definition) is 2. The van der Waals surface area contributed by atoms with Crippen LogP contribution in [0.4, 0.5) is 10.1 Å². The Labute approximate surface area is 99.6 Å². The summed E-state index contributed by atoms with van der Waals surface area (Å²) < 4.78 is 13.9. The number of hydrogen-bond acceptors (Lipinski definition) is 3. The van der Waals surface area contributed by atoms with Gasteiger partial charge in [0, 0.05) is 19.6 Å². The molecule has 17 heavy (non-hydrogen) atoms. The number of anilines is 1. The molecular formula is C12H16FN3O. The Hall–Kier alpha value is -1.62. The minimum absolute atomic E-state index is 0.0650. The zero-order valence-electron chi connectivity index (χ0n) is 9.58. The maximum absolute atomic E-state index is 13.9. The Bertz CT molecular complexity index is 422. The number of halogens is 1. The maximum Gasteiger partial charge on any atom is 0.239 e. The summed E-state index contributed by atoms with van der Waals surface area (Å²) >= 11 is 0. The first kappa shape index (κ1) is 11.9. The van der Waals surface area contributed by atoms with Gasteiger partial charge in [-0.3, -0.25) is 4.79 Å². The summed E-state index contributed by atoms with van der Waals surface area (Å²) in [6.07, 6.45) is 0.823. The summed E-state index contributed by atoms with van der Waals surface area (Å²) in [5.41, 5.74) is 6.68. The number of rotatable bonds is 2. The third-order valence-electron chi connectivity index (χ3n) is 2.85. The molecule has 0 bridgehead atoms. The van der Waals surface area contributed by atoms with Gasteiger partial charge in [-0.05, 0) is 24.1 Å². The second-order valence-corrected chi connectivity index (χ2v) is 4.11. The van der Waals surface area contributed by atoms with Gasteiger partial charge in [0.05, 0.1) is 12.2 Å². The van der Waals surface area contributed by atoms with Crippen LogP contribution in [0.1, 0.15) is 12.0 Å². The zero-order chi connectivity index (χ0) is 12.3. The van der Waals surface area contributed by atoms with Crippen molar-refractivity contribution in [1.29, 1.82) is 0 Å². The van der Waals surface area contributed by atoms with Crippen molar-refractivity contribution in [2.75, 3.05) is 24.5 Å². The Kier molecular flexibility index (Phi) is 3.58. The molecule has 1 saturated heterocycles. The lowest BCUT2D eigenvalue weighted by molar-refractivity contribution is -0.119. The van der Waals surface area contributed by atoms with Crippen LogP contribution in [0.2, 0.25) is 0 Å². The molecule has 5 heteroatoms. The highest BCUT2D eigenvalue weighted by Gasteiger charge is 2.17. The van der Waals surface area contributed by atoms with Crippen molar-refractivity contribution < 1.29 is 9.18 Å². The van der Waals surface area contributed by atoms with Crippen molar-refractivity contribution in [3.8, 4) is 0 Å². The van der Waals surface area contributed by atoms with Gasteiger partial charge in [0.2, 0.25) is 5.91 Å². The highest BCUT2D eigenvalue weighted by atomic mass is 19.1. The lowest BCUT2D eigenvalue weighted by Crippen LogP contribution is -2.33. The number of carbonyl (C=O) groups excluding carboxylic acids is 1. The van der Waals surface area contributed by atoms with E-state index < -0.39 is 0 Å². The number of carbonyl (C=O) groups is 1. The molecule has 1 aliphatic rings.